The van der Waals surface area contributed by atoms with Gasteiger partial charge in [-0.15, -0.1) is 0 Å². The molecule has 0 spiro atoms. The molecule has 2 rings (SSSR count). The van der Waals surface area contributed by atoms with Gasteiger partial charge in [0.25, 0.3) is 0 Å². The minimum Gasteiger partial charge on any atom is -0.352 e. The highest BCUT2D eigenvalue weighted by molar-refractivity contribution is 7.92. The Morgan fingerprint density at radius 2 is 1.63 bits per heavy atom. The highest BCUT2D eigenvalue weighted by atomic mass is 32.2. The Hall–Kier alpha value is -2.94. The number of para-hydroxylation sites is 1. The SMILES string of the molecule is CC[C@H](C(=O)NC(C)C)N(CCc1ccccc1)C(=O)CCCN(c1ccccc1F)S(C)(=O)=O. The number of nitrogens with zero attached hydrogens (tertiary/aromatic N) is 2. The molecule has 0 aliphatic heterocycles. The first-order valence-electron chi connectivity index (χ1n) is 11.9. The molecule has 0 aliphatic carbocycles. The van der Waals surface area contributed by atoms with Crippen LogP contribution in [0.3, 0.4) is 0 Å². The lowest BCUT2D eigenvalue weighted by atomic mass is 10.1. The molecule has 0 unspecified atom stereocenters. The number of anilines is 1. The molecule has 0 heterocycles. The summed E-state index contributed by atoms with van der Waals surface area (Å²) in [5.74, 6) is -1.10. The highest BCUT2D eigenvalue weighted by Crippen LogP contribution is 2.22. The summed E-state index contributed by atoms with van der Waals surface area (Å²) in [7, 11) is -3.75. The second-order valence-corrected chi connectivity index (χ2v) is 10.7. The number of nitrogens with one attached hydrogen (secondary N) is 1. The highest BCUT2D eigenvalue weighted by Gasteiger charge is 2.29. The third kappa shape index (κ3) is 8.65. The zero-order chi connectivity index (χ0) is 26.0. The summed E-state index contributed by atoms with van der Waals surface area (Å²) in [5.41, 5.74) is 0.998. The van der Waals surface area contributed by atoms with Crippen LogP contribution in [0.25, 0.3) is 0 Å². The minimum atomic E-state index is -3.75. The number of hydrogen-bond acceptors (Lipinski definition) is 4. The molecule has 1 atom stereocenters. The predicted octanol–water partition coefficient (Wildman–Crippen LogP) is 3.75. The van der Waals surface area contributed by atoms with Crippen molar-refractivity contribution in [3.05, 3.63) is 66.0 Å². The van der Waals surface area contributed by atoms with Crippen LogP contribution in [-0.4, -0.2) is 56.6 Å². The van der Waals surface area contributed by atoms with Crippen molar-refractivity contribution < 1.29 is 22.4 Å². The van der Waals surface area contributed by atoms with Gasteiger partial charge in [-0.2, -0.15) is 0 Å². The molecule has 192 valence electrons. The van der Waals surface area contributed by atoms with E-state index in [0.717, 1.165) is 16.1 Å². The summed E-state index contributed by atoms with van der Waals surface area (Å²) >= 11 is 0. The smallest absolute Gasteiger partial charge is 0.242 e. The summed E-state index contributed by atoms with van der Waals surface area (Å²) in [6.45, 7) is 5.90. The number of halogens is 1. The van der Waals surface area contributed by atoms with Crippen LogP contribution in [0.15, 0.2) is 54.6 Å². The molecule has 1 N–H and O–H groups in total. The van der Waals surface area contributed by atoms with E-state index in [1.807, 2.05) is 51.1 Å². The number of carbonyl (C=O) groups is 2. The zero-order valence-corrected chi connectivity index (χ0v) is 21.7. The van der Waals surface area contributed by atoms with Gasteiger partial charge in [-0.3, -0.25) is 13.9 Å². The summed E-state index contributed by atoms with van der Waals surface area (Å²) in [6, 6.07) is 14.6. The van der Waals surface area contributed by atoms with E-state index in [4.69, 9.17) is 0 Å². The fourth-order valence-corrected chi connectivity index (χ4v) is 4.88. The van der Waals surface area contributed by atoms with E-state index < -0.39 is 21.9 Å². The van der Waals surface area contributed by atoms with Gasteiger partial charge in [-0.1, -0.05) is 49.4 Å². The summed E-state index contributed by atoms with van der Waals surface area (Å²) in [4.78, 5) is 27.7. The van der Waals surface area contributed by atoms with Gasteiger partial charge in [0.1, 0.15) is 11.9 Å². The number of amides is 2. The molecular weight excluding hydrogens is 469 g/mol. The van der Waals surface area contributed by atoms with Crippen LogP contribution >= 0.6 is 0 Å². The molecule has 0 radical (unpaired) electrons. The fourth-order valence-electron chi connectivity index (χ4n) is 3.91. The molecule has 0 saturated carbocycles. The Labute approximate surface area is 208 Å². The molecule has 35 heavy (non-hydrogen) atoms. The molecule has 0 aromatic heterocycles. The molecule has 7 nitrogen and oxygen atoms in total. The molecule has 0 bridgehead atoms. The summed E-state index contributed by atoms with van der Waals surface area (Å²) in [5, 5.41) is 2.89. The van der Waals surface area contributed by atoms with Crippen molar-refractivity contribution >= 4 is 27.5 Å². The van der Waals surface area contributed by atoms with E-state index in [1.54, 1.807) is 11.0 Å². The number of hydrogen-bond donors (Lipinski definition) is 1. The van der Waals surface area contributed by atoms with E-state index in [-0.39, 0.29) is 42.9 Å². The molecule has 2 amide bonds. The first-order chi connectivity index (χ1) is 16.5. The molecule has 2 aromatic carbocycles. The second-order valence-electron chi connectivity index (χ2n) is 8.80. The van der Waals surface area contributed by atoms with Crippen LogP contribution in [0.5, 0.6) is 0 Å². The average Bonchev–Trinajstić information content (AvgIpc) is 2.79. The van der Waals surface area contributed by atoms with E-state index in [0.29, 0.717) is 19.4 Å². The van der Waals surface area contributed by atoms with Crippen molar-refractivity contribution in [1.29, 1.82) is 0 Å². The van der Waals surface area contributed by atoms with E-state index in [2.05, 4.69) is 5.32 Å². The average molecular weight is 506 g/mol. The van der Waals surface area contributed by atoms with Gasteiger partial charge in [-0.25, -0.2) is 12.8 Å². The predicted molar refractivity (Wildman–Crippen MR) is 137 cm³/mol. The van der Waals surface area contributed by atoms with Crippen LogP contribution in [0.2, 0.25) is 0 Å². The molecule has 2 aromatic rings. The lowest BCUT2D eigenvalue weighted by molar-refractivity contribution is -0.141. The lowest BCUT2D eigenvalue weighted by Crippen LogP contribution is -2.51. The Kier molecular flexibility index (Phi) is 10.7. The van der Waals surface area contributed by atoms with Crippen molar-refractivity contribution in [2.45, 2.75) is 58.5 Å². The van der Waals surface area contributed by atoms with Crippen molar-refractivity contribution in [3.63, 3.8) is 0 Å². The maximum atomic E-state index is 14.3. The van der Waals surface area contributed by atoms with E-state index in [9.17, 15) is 22.4 Å². The number of rotatable bonds is 13. The lowest BCUT2D eigenvalue weighted by Gasteiger charge is -2.31. The molecule has 9 heteroatoms. The van der Waals surface area contributed by atoms with Gasteiger partial charge in [0, 0.05) is 25.6 Å². The topological polar surface area (TPSA) is 86.8 Å². The van der Waals surface area contributed by atoms with Crippen LogP contribution in [0.1, 0.15) is 45.6 Å². The van der Waals surface area contributed by atoms with Crippen LogP contribution < -0.4 is 9.62 Å². The van der Waals surface area contributed by atoms with Crippen LogP contribution in [0.4, 0.5) is 10.1 Å². The monoisotopic (exact) mass is 505 g/mol. The third-order valence-electron chi connectivity index (χ3n) is 5.57. The largest absolute Gasteiger partial charge is 0.352 e. The van der Waals surface area contributed by atoms with Crippen molar-refractivity contribution in [3.8, 4) is 0 Å². The Morgan fingerprint density at radius 3 is 2.20 bits per heavy atom. The number of sulfonamides is 1. The fraction of sp³-hybridized carbons (Fsp3) is 0.462. The van der Waals surface area contributed by atoms with Gasteiger partial charge < -0.3 is 10.2 Å². The first-order valence-corrected chi connectivity index (χ1v) is 13.8. The van der Waals surface area contributed by atoms with E-state index >= 15 is 0 Å². The Bertz CT molecular complexity index is 1080. The maximum Gasteiger partial charge on any atom is 0.242 e. The number of benzene rings is 2. The minimum absolute atomic E-state index is 0.0285. The summed E-state index contributed by atoms with van der Waals surface area (Å²) < 4.78 is 39.9. The van der Waals surface area contributed by atoms with E-state index in [1.165, 1.54) is 18.2 Å². The Balaban J connectivity index is 2.16. The first kappa shape index (κ1) is 28.3. The van der Waals surface area contributed by atoms with Gasteiger partial charge in [-0.05, 0) is 50.8 Å². The quantitative estimate of drug-likeness (QED) is 0.449. The number of carbonyl (C=O) groups excluding carboxylic acids is 2. The van der Waals surface area contributed by atoms with Crippen molar-refractivity contribution in [2.24, 2.45) is 0 Å². The maximum absolute atomic E-state index is 14.3. The molecule has 0 fully saturated rings. The van der Waals surface area contributed by atoms with Crippen molar-refractivity contribution in [2.75, 3.05) is 23.7 Å². The van der Waals surface area contributed by atoms with Gasteiger partial charge in [0.2, 0.25) is 21.8 Å². The molecule has 0 aliphatic rings. The summed E-state index contributed by atoms with van der Waals surface area (Å²) in [6.07, 6.45) is 2.26. The van der Waals surface area contributed by atoms with Crippen LogP contribution in [-0.2, 0) is 26.0 Å². The molecular formula is C26H36FN3O4S. The van der Waals surface area contributed by atoms with Crippen LogP contribution in [0, 0.1) is 5.82 Å². The molecule has 0 saturated heterocycles. The third-order valence-corrected chi connectivity index (χ3v) is 6.75. The normalized spacial score (nSPS) is 12.3. The second kappa shape index (κ2) is 13.2. The van der Waals surface area contributed by atoms with Gasteiger partial charge >= 0.3 is 0 Å². The van der Waals surface area contributed by atoms with Gasteiger partial charge in [0.05, 0.1) is 11.9 Å². The Morgan fingerprint density at radius 1 is 1.00 bits per heavy atom. The standard InChI is InChI=1S/C26H36FN3O4S/c1-5-23(26(32)28-20(2)3)29(19-17-21-12-7-6-8-13-21)25(31)16-11-18-30(35(4,33)34)24-15-10-9-14-22(24)27/h6-10,12-15,20,23H,5,11,16-19H2,1-4H3,(H,28,32)/t23-/m1/s1. The van der Waals surface area contributed by atoms with Gasteiger partial charge in [0.15, 0.2) is 0 Å². The zero-order valence-electron chi connectivity index (χ0n) is 20.9. The van der Waals surface area contributed by atoms with Crippen molar-refractivity contribution in [1.82, 2.24) is 10.2 Å².